The lowest BCUT2D eigenvalue weighted by Crippen LogP contribution is -2.43. The summed E-state index contributed by atoms with van der Waals surface area (Å²) in [6.45, 7) is 11.2. The molecule has 7 nitrogen and oxygen atoms in total. The molecule has 2 aromatic rings. The first kappa shape index (κ1) is 15.1. The molecule has 0 unspecified atom stereocenters. The average molecular weight is 309 g/mol. The van der Waals surface area contributed by atoms with E-state index < -0.39 is 0 Å². The smallest absolute Gasteiger partial charge is 0.179 e. The summed E-state index contributed by atoms with van der Waals surface area (Å²) in [7, 11) is 0. The van der Waals surface area contributed by atoms with Gasteiger partial charge in [0.25, 0.3) is 0 Å². The van der Waals surface area contributed by atoms with Gasteiger partial charge in [0.05, 0.1) is 6.20 Å². The molecule has 0 aromatic carbocycles. The van der Waals surface area contributed by atoms with Crippen molar-refractivity contribution in [1.29, 1.82) is 0 Å². The molecule has 0 saturated carbocycles. The lowest BCUT2D eigenvalue weighted by molar-refractivity contribution is 0.589. The maximum Gasteiger partial charge on any atom is 0.179 e. The van der Waals surface area contributed by atoms with Crippen LogP contribution in [0.1, 0.15) is 5.69 Å². The molecular formula is C16H19N7. The number of nitrogens with zero attached hydrogens (tertiary/aromatic N) is 5. The van der Waals surface area contributed by atoms with E-state index in [2.05, 4.69) is 48.8 Å². The van der Waals surface area contributed by atoms with E-state index >= 15 is 0 Å². The third-order valence-electron chi connectivity index (χ3n) is 3.61. The highest BCUT2D eigenvalue weighted by Crippen LogP contribution is 2.22. The lowest BCUT2D eigenvalue weighted by atomic mass is 10.3. The zero-order valence-electron chi connectivity index (χ0n) is 12.9. The van der Waals surface area contributed by atoms with Crippen molar-refractivity contribution in [1.82, 2.24) is 20.3 Å². The van der Waals surface area contributed by atoms with Crippen molar-refractivity contribution in [3.63, 3.8) is 0 Å². The van der Waals surface area contributed by atoms with Crippen molar-refractivity contribution < 1.29 is 0 Å². The Morgan fingerprint density at radius 2 is 2.09 bits per heavy atom. The van der Waals surface area contributed by atoms with Gasteiger partial charge in [-0.25, -0.2) is 19.9 Å². The van der Waals surface area contributed by atoms with E-state index in [1.165, 1.54) is 0 Å². The molecule has 1 fully saturated rings. The van der Waals surface area contributed by atoms with Crippen LogP contribution in [-0.4, -0.2) is 47.8 Å². The van der Waals surface area contributed by atoms with E-state index in [4.69, 9.17) is 0 Å². The van der Waals surface area contributed by atoms with Crippen LogP contribution in [0.3, 0.4) is 0 Å². The molecule has 2 aromatic heterocycles. The summed E-state index contributed by atoms with van der Waals surface area (Å²) >= 11 is 0. The summed E-state index contributed by atoms with van der Waals surface area (Å²) in [5.74, 6) is 1.74. The molecule has 0 aliphatic carbocycles. The summed E-state index contributed by atoms with van der Waals surface area (Å²) < 4.78 is 0. The molecule has 0 radical (unpaired) electrons. The number of hydrogen-bond acceptors (Lipinski definition) is 7. The molecule has 1 aliphatic rings. The number of hydrogen-bond donors (Lipinski definition) is 2. The van der Waals surface area contributed by atoms with Crippen molar-refractivity contribution in [2.75, 3.05) is 36.4 Å². The van der Waals surface area contributed by atoms with Crippen LogP contribution in [0.4, 0.5) is 23.1 Å². The molecule has 118 valence electrons. The molecule has 3 heterocycles. The standard InChI is InChI=1S/C16H19N7/c1-3-13-16(17-2)22-15(11-20-13)21-14-10-12(4-5-19-14)23-8-6-18-7-9-23/h3-5,10-11,18H,1-2,6-9H2,(H,19,21,22). The number of nitrogens with one attached hydrogen (secondary N) is 2. The highest BCUT2D eigenvalue weighted by molar-refractivity contribution is 5.63. The summed E-state index contributed by atoms with van der Waals surface area (Å²) in [5, 5.41) is 6.51. The van der Waals surface area contributed by atoms with Gasteiger partial charge >= 0.3 is 0 Å². The first-order valence-electron chi connectivity index (χ1n) is 7.45. The molecule has 23 heavy (non-hydrogen) atoms. The van der Waals surface area contributed by atoms with E-state index in [0.29, 0.717) is 17.3 Å². The number of anilines is 3. The first-order valence-corrected chi connectivity index (χ1v) is 7.45. The number of aliphatic imine (C=N–C) groups is 1. The van der Waals surface area contributed by atoms with Crippen molar-refractivity contribution in [2.24, 2.45) is 4.99 Å². The predicted octanol–water partition coefficient (Wildman–Crippen LogP) is 2.00. The van der Waals surface area contributed by atoms with Crippen LogP contribution < -0.4 is 15.5 Å². The number of rotatable bonds is 5. The average Bonchev–Trinajstić information content (AvgIpc) is 2.62. The van der Waals surface area contributed by atoms with Crippen LogP contribution in [0.2, 0.25) is 0 Å². The molecule has 7 heteroatoms. The molecule has 2 N–H and O–H groups in total. The van der Waals surface area contributed by atoms with Crippen LogP contribution in [0, 0.1) is 0 Å². The van der Waals surface area contributed by atoms with E-state index in [9.17, 15) is 0 Å². The minimum Gasteiger partial charge on any atom is -0.369 e. The van der Waals surface area contributed by atoms with Crippen molar-refractivity contribution in [3.8, 4) is 0 Å². The SMILES string of the molecule is C=Cc1ncc(Nc2cc(N3CCNCC3)ccn2)nc1N=C. The van der Waals surface area contributed by atoms with Crippen LogP contribution in [0.15, 0.2) is 36.1 Å². The highest BCUT2D eigenvalue weighted by atomic mass is 15.2. The van der Waals surface area contributed by atoms with Gasteiger partial charge < -0.3 is 15.5 Å². The normalized spacial score (nSPS) is 14.3. The van der Waals surface area contributed by atoms with Gasteiger partial charge in [-0.05, 0) is 18.9 Å². The van der Waals surface area contributed by atoms with Crippen LogP contribution >= 0.6 is 0 Å². The highest BCUT2D eigenvalue weighted by Gasteiger charge is 2.11. The van der Waals surface area contributed by atoms with Gasteiger partial charge in [-0.15, -0.1) is 0 Å². The first-order chi connectivity index (χ1) is 11.3. The summed E-state index contributed by atoms with van der Waals surface area (Å²) in [6.07, 6.45) is 5.02. The molecule has 3 rings (SSSR count). The Morgan fingerprint density at radius 3 is 2.83 bits per heavy atom. The zero-order valence-corrected chi connectivity index (χ0v) is 12.9. The second kappa shape index (κ2) is 6.97. The largest absolute Gasteiger partial charge is 0.369 e. The summed E-state index contributed by atoms with van der Waals surface area (Å²) in [6, 6.07) is 4.02. The quantitative estimate of drug-likeness (QED) is 0.823. The molecule has 1 aliphatic heterocycles. The van der Waals surface area contributed by atoms with Gasteiger partial charge in [0, 0.05) is 44.1 Å². The summed E-state index contributed by atoms with van der Waals surface area (Å²) in [4.78, 5) is 19.1. The lowest BCUT2D eigenvalue weighted by Gasteiger charge is -2.29. The van der Waals surface area contributed by atoms with E-state index in [1.807, 2.05) is 12.1 Å². The van der Waals surface area contributed by atoms with Crippen molar-refractivity contribution in [3.05, 3.63) is 36.8 Å². The fraction of sp³-hybridized carbons (Fsp3) is 0.250. The summed E-state index contributed by atoms with van der Waals surface area (Å²) in [5.41, 5.74) is 1.75. The Kier molecular flexibility index (Phi) is 4.58. The second-order valence-corrected chi connectivity index (χ2v) is 5.09. The van der Waals surface area contributed by atoms with Gasteiger partial charge in [0.2, 0.25) is 0 Å². The zero-order chi connectivity index (χ0) is 16.1. The van der Waals surface area contributed by atoms with E-state index in [-0.39, 0.29) is 0 Å². The Bertz CT molecular complexity index is 707. The molecule has 0 bridgehead atoms. The van der Waals surface area contributed by atoms with E-state index in [1.54, 1.807) is 18.5 Å². The fourth-order valence-corrected chi connectivity index (χ4v) is 2.45. The minimum absolute atomic E-state index is 0.447. The van der Waals surface area contributed by atoms with Gasteiger partial charge in [-0.3, -0.25) is 0 Å². The monoisotopic (exact) mass is 309 g/mol. The topological polar surface area (TPSA) is 78.3 Å². The van der Waals surface area contributed by atoms with Gasteiger partial charge in [-0.2, -0.15) is 0 Å². The van der Waals surface area contributed by atoms with Crippen LogP contribution in [0.25, 0.3) is 6.08 Å². The van der Waals surface area contributed by atoms with Crippen molar-refractivity contribution >= 4 is 35.9 Å². The van der Waals surface area contributed by atoms with E-state index in [0.717, 1.165) is 37.7 Å². The Hall–Kier alpha value is -2.80. The van der Waals surface area contributed by atoms with Crippen molar-refractivity contribution in [2.45, 2.75) is 0 Å². The maximum absolute atomic E-state index is 4.36. The number of piperazine rings is 1. The predicted molar refractivity (Wildman–Crippen MR) is 93.9 cm³/mol. The Labute approximate surface area is 135 Å². The Balaban J connectivity index is 1.80. The molecule has 1 saturated heterocycles. The second-order valence-electron chi connectivity index (χ2n) is 5.09. The molecular weight excluding hydrogens is 290 g/mol. The molecule has 0 atom stereocenters. The Morgan fingerprint density at radius 1 is 1.26 bits per heavy atom. The molecule has 0 spiro atoms. The van der Waals surface area contributed by atoms with Gasteiger partial charge in [-0.1, -0.05) is 6.58 Å². The third-order valence-corrected chi connectivity index (χ3v) is 3.61. The number of pyridine rings is 1. The van der Waals surface area contributed by atoms with Gasteiger partial charge in [0.1, 0.15) is 11.5 Å². The van der Waals surface area contributed by atoms with Crippen LogP contribution in [-0.2, 0) is 0 Å². The molecule has 0 amide bonds. The third kappa shape index (κ3) is 3.51. The van der Waals surface area contributed by atoms with Crippen LogP contribution in [0.5, 0.6) is 0 Å². The van der Waals surface area contributed by atoms with Gasteiger partial charge in [0.15, 0.2) is 11.6 Å². The fourth-order valence-electron chi connectivity index (χ4n) is 2.45. The maximum atomic E-state index is 4.36. The number of aromatic nitrogens is 3. The minimum atomic E-state index is 0.447.